The fraction of sp³-hybridized carbons (Fsp3) is 0.667. The van der Waals surface area contributed by atoms with E-state index < -0.39 is 10.3 Å². The van der Waals surface area contributed by atoms with E-state index in [-0.39, 0.29) is 11.3 Å². The van der Waals surface area contributed by atoms with Crippen molar-refractivity contribution in [2.75, 3.05) is 6.26 Å². The molecule has 0 saturated heterocycles. The molecule has 0 unspecified atom stereocenters. The molecule has 0 aliphatic heterocycles. The number of aromatic nitrogens is 3. The quantitative estimate of drug-likeness (QED) is 0.628. The summed E-state index contributed by atoms with van der Waals surface area (Å²) < 4.78 is 1.45. The van der Waals surface area contributed by atoms with Crippen molar-refractivity contribution in [3.8, 4) is 0 Å². The summed E-state index contributed by atoms with van der Waals surface area (Å²) in [4.78, 5) is 11.3. The standard InChI is InChI=1S/C9H13Cl2N3OS/c1-9(2,7(10)11)5-6(15)14(3)8(16-4)13-12-5/h7H,1-4H3. The van der Waals surface area contributed by atoms with Gasteiger partial charge >= 0.3 is 0 Å². The van der Waals surface area contributed by atoms with Crippen LogP contribution in [0.25, 0.3) is 0 Å². The molecule has 0 fully saturated rings. The molecule has 0 atom stereocenters. The van der Waals surface area contributed by atoms with Crippen LogP contribution in [0.4, 0.5) is 0 Å². The Bertz CT molecular complexity index is 445. The molecule has 7 heteroatoms. The first kappa shape index (κ1) is 13.8. The van der Waals surface area contributed by atoms with Gasteiger partial charge in [0.15, 0.2) is 5.16 Å². The Morgan fingerprint density at radius 3 is 2.38 bits per heavy atom. The summed E-state index contributed by atoms with van der Waals surface area (Å²) in [6.07, 6.45) is 1.83. The van der Waals surface area contributed by atoms with Crippen LogP contribution in [0.15, 0.2) is 9.95 Å². The number of hydrogen-bond donors (Lipinski definition) is 0. The number of alkyl halides is 2. The number of hydrogen-bond acceptors (Lipinski definition) is 4. The Hall–Kier alpha value is -0.260. The maximum atomic E-state index is 12.0. The van der Waals surface area contributed by atoms with E-state index in [1.807, 2.05) is 6.26 Å². The molecule has 0 bridgehead atoms. The number of nitrogens with zero attached hydrogens (tertiary/aromatic N) is 3. The topological polar surface area (TPSA) is 47.8 Å². The van der Waals surface area contributed by atoms with Gasteiger partial charge < -0.3 is 0 Å². The fourth-order valence-corrected chi connectivity index (χ4v) is 1.82. The van der Waals surface area contributed by atoms with Crippen molar-refractivity contribution in [2.24, 2.45) is 7.05 Å². The largest absolute Gasteiger partial charge is 0.288 e. The highest BCUT2D eigenvalue weighted by atomic mass is 35.5. The summed E-state index contributed by atoms with van der Waals surface area (Å²) in [7, 11) is 1.65. The second-order valence-electron chi connectivity index (χ2n) is 3.92. The second-order valence-corrected chi connectivity index (χ2v) is 5.79. The molecule has 1 aromatic heterocycles. The van der Waals surface area contributed by atoms with E-state index in [1.54, 1.807) is 20.9 Å². The lowest BCUT2D eigenvalue weighted by molar-refractivity contribution is 0.500. The molecular formula is C9H13Cl2N3OS. The zero-order valence-electron chi connectivity index (χ0n) is 9.49. The summed E-state index contributed by atoms with van der Waals surface area (Å²) >= 11 is 13.1. The van der Waals surface area contributed by atoms with Crippen LogP contribution in [-0.2, 0) is 12.5 Å². The molecule has 90 valence electrons. The molecule has 0 aliphatic carbocycles. The molecule has 4 nitrogen and oxygen atoms in total. The monoisotopic (exact) mass is 281 g/mol. The van der Waals surface area contributed by atoms with Gasteiger partial charge in [0, 0.05) is 12.5 Å². The van der Waals surface area contributed by atoms with Gasteiger partial charge in [-0.2, -0.15) is 0 Å². The van der Waals surface area contributed by atoms with Crippen LogP contribution < -0.4 is 5.56 Å². The minimum Gasteiger partial charge on any atom is -0.288 e. The second kappa shape index (κ2) is 4.94. The van der Waals surface area contributed by atoms with Gasteiger partial charge in [0.2, 0.25) is 0 Å². The van der Waals surface area contributed by atoms with Crippen molar-refractivity contribution in [1.82, 2.24) is 14.8 Å². The number of rotatable bonds is 3. The lowest BCUT2D eigenvalue weighted by atomic mass is 9.92. The SMILES string of the molecule is CSc1nnc(C(C)(C)C(Cl)Cl)c(=O)n1C. The zero-order chi connectivity index (χ0) is 12.5. The first-order valence-electron chi connectivity index (χ1n) is 4.58. The Morgan fingerprint density at radius 2 is 1.94 bits per heavy atom. The van der Waals surface area contributed by atoms with Crippen molar-refractivity contribution >= 4 is 35.0 Å². The smallest absolute Gasteiger partial charge is 0.276 e. The lowest BCUT2D eigenvalue weighted by Crippen LogP contribution is -2.38. The molecule has 16 heavy (non-hydrogen) atoms. The Kier molecular flexibility index (Phi) is 4.26. The molecule has 1 rings (SSSR count). The van der Waals surface area contributed by atoms with E-state index in [9.17, 15) is 4.79 Å². The van der Waals surface area contributed by atoms with Crippen LogP contribution >= 0.6 is 35.0 Å². The molecular weight excluding hydrogens is 269 g/mol. The predicted molar refractivity (Wildman–Crippen MR) is 67.6 cm³/mol. The van der Waals surface area contributed by atoms with Gasteiger partial charge in [0.25, 0.3) is 5.56 Å². The molecule has 0 amide bonds. The summed E-state index contributed by atoms with van der Waals surface area (Å²) in [5.74, 6) is 0. The van der Waals surface area contributed by atoms with Crippen molar-refractivity contribution in [3.63, 3.8) is 0 Å². The average molecular weight is 282 g/mol. The third-order valence-electron chi connectivity index (χ3n) is 2.37. The maximum absolute atomic E-state index is 12.0. The highest BCUT2D eigenvalue weighted by molar-refractivity contribution is 7.98. The molecule has 0 saturated carbocycles. The Morgan fingerprint density at radius 1 is 1.38 bits per heavy atom. The number of halogens is 2. The first-order valence-corrected chi connectivity index (χ1v) is 6.68. The van der Waals surface area contributed by atoms with Crippen molar-refractivity contribution in [2.45, 2.75) is 29.3 Å². The number of thioether (sulfide) groups is 1. The minimum atomic E-state index is -0.720. The lowest BCUT2D eigenvalue weighted by Gasteiger charge is -2.24. The Labute approximate surface area is 108 Å². The van der Waals surface area contributed by atoms with Crippen LogP contribution in [0.3, 0.4) is 0 Å². The summed E-state index contributed by atoms with van der Waals surface area (Å²) in [6.45, 7) is 3.53. The van der Waals surface area contributed by atoms with Crippen LogP contribution in [0, 0.1) is 0 Å². The third kappa shape index (κ3) is 2.36. The van der Waals surface area contributed by atoms with E-state index in [4.69, 9.17) is 23.2 Å². The highest BCUT2D eigenvalue weighted by Crippen LogP contribution is 2.29. The maximum Gasteiger partial charge on any atom is 0.276 e. The zero-order valence-corrected chi connectivity index (χ0v) is 11.8. The van der Waals surface area contributed by atoms with E-state index in [0.29, 0.717) is 5.16 Å². The van der Waals surface area contributed by atoms with Crippen LogP contribution in [-0.4, -0.2) is 25.9 Å². The van der Waals surface area contributed by atoms with Crippen molar-refractivity contribution in [1.29, 1.82) is 0 Å². The molecule has 0 aliphatic rings. The van der Waals surface area contributed by atoms with E-state index in [0.717, 1.165) is 0 Å². The van der Waals surface area contributed by atoms with Gasteiger partial charge in [-0.05, 0) is 6.26 Å². The van der Waals surface area contributed by atoms with Gasteiger partial charge in [-0.25, -0.2) is 0 Å². The summed E-state index contributed by atoms with van der Waals surface area (Å²) in [5, 5.41) is 8.46. The molecule has 0 aromatic carbocycles. The third-order valence-corrected chi connectivity index (χ3v) is 4.18. The van der Waals surface area contributed by atoms with Crippen LogP contribution in [0.2, 0.25) is 0 Å². The van der Waals surface area contributed by atoms with Crippen molar-refractivity contribution in [3.05, 3.63) is 16.0 Å². The minimum absolute atomic E-state index is 0.212. The Balaban J connectivity index is 3.39. The normalized spacial score (nSPS) is 12.2. The molecule has 0 N–H and O–H groups in total. The van der Waals surface area contributed by atoms with Gasteiger partial charge in [0.05, 0.1) is 0 Å². The predicted octanol–water partition coefficient (Wildman–Crippen LogP) is 1.98. The molecule has 1 heterocycles. The van der Waals surface area contributed by atoms with Gasteiger partial charge in [-0.1, -0.05) is 25.6 Å². The van der Waals surface area contributed by atoms with Crippen molar-refractivity contribution < 1.29 is 0 Å². The molecule has 0 radical (unpaired) electrons. The van der Waals surface area contributed by atoms with Gasteiger partial charge in [-0.15, -0.1) is 33.4 Å². The average Bonchev–Trinajstić information content (AvgIpc) is 2.21. The van der Waals surface area contributed by atoms with Gasteiger partial charge in [0.1, 0.15) is 10.5 Å². The molecule has 0 spiro atoms. The van der Waals surface area contributed by atoms with Crippen LogP contribution in [0.1, 0.15) is 19.5 Å². The summed E-state index contributed by atoms with van der Waals surface area (Å²) in [6, 6.07) is 0. The fourth-order valence-electron chi connectivity index (χ4n) is 1.13. The highest BCUT2D eigenvalue weighted by Gasteiger charge is 2.33. The first-order chi connectivity index (χ1) is 7.32. The van der Waals surface area contributed by atoms with Gasteiger partial charge in [-0.3, -0.25) is 9.36 Å². The molecule has 1 aromatic rings. The van der Waals surface area contributed by atoms with E-state index in [1.165, 1.54) is 16.3 Å². The van der Waals surface area contributed by atoms with Crippen LogP contribution in [0.5, 0.6) is 0 Å². The van der Waals surface area contributed by atoms with E-state index in [2.05, 4.69) is 10.2 Å². The summed E-state index contributed by atoms with van der Waals surface area (Å²) in [5.41, 5.74) is -0.652. The van der Waals surface area contributed by atoms with E-state index >= 15 is 0 Å².